The predicted octanol–water partition coefficient (Wildman–Crippen LogP) is 4.90. The van der Waals surface area contributed by atoms with Gasteiger partial charge in [0.2, 0.25) is 5.95 Å². The van der Waals surface area contributed by atoms with Gasteiger partial charge in [0.05, 0.1) is 6.20 Å². The molecule has 0 amide bonds. The number of nitrogens with zero attached hydrogens (tertiary/aromatic N) is 4. The molecule has 5 nitrogen and oxygen atoms in total. The lowest BCUT2D eigenvalue weighted by Crippen LogP contribution is -2.31. The minimum atomic E-state index is 0.291. The van der Waals surface area contributed by atoms with Crippen molar-refractivity contribution in [1.29, 1.82) is 0 Å². The highest BCUT2D eigenvalue weighted by Crippen LogP contribution is 2.25. The first kappa shape index (κ1) is 18.8. The van der Waals surface area contributed by atoms with Gasteiger partial charge in [0, 0.05) is 18.3 Å². The Kier molecular flexibility index (Phi) is 6.01. The molecule has 0 saturated carbocycles. The Morgan fingerprint density at radius 3 is 2.52 bits per heavy atom. The lowest BCUT2D eigenvalue weighted by Gasteiger charge is -2.27. The van der Waals surface area contributed by atoms with Crippen molar-refractivity contribution < 1.29 is 0 Å². The van der Waals surface area contributed by atoms with E-state index in [9.17, 15) is 0 Å². The third-order valence-electron chi connectivity index (χ3n) is 4.64. The van der Waals surface area contributed by atoms with Crippen LogP contribution in [0.2, 0.25) is 0 Å². The first-order valence-electron chi connectivity index (χ1n) is 9.44. The molecule has 0 spiro atoms. The molecule has 0 bridgehead atoms. The molecule has 1 heterocycles. The number of anilines is 3. The molecule has 1 N–H and O–H groups in total. The van der Waals surface area contributed by atoms with E-state index in [4.69, 9.17) is 4.98 Å². The first-order valence-corrected chi connectivity index (χ1v) is 9.44. The average molecular weight is 361 g/mol. The Bertz CT molecular complexity index is 877. The first-order chi connectivity index (χ1) is 13.1. The number of aryl methyl sites for hydroxylation is 2. The number of nitrogens with one attached hydrogen (secondary N) is 1. The van der Waals surface area contributed by atoms with Crippen LogP contribution in [0, 0.1) is 6.92 Å². The molecule has 0 aliphatic rings. The van der Waals surface area contributed by atoms with Gasteiger partial charge < -0.3 is 10.2 Å². The van der Waals surface area contributed by atoms with Crippen molar-refractivity contribution in [3.8, 4) is 0 Å². The van der Waals surface area contributed by atoms with Crippen LogP contribution in [0.4, 0.5) is 17.5 Å². The van der Waals surface area contributed by atoms with Gasteiger partial charge in [0.25, 0.3) is 0 Å². The zero-order chi connectivity index (χ0) is 19.2. The van der Waals surface area contributed by atoms with Gasteiger partial charge in [-0.1, -0.05) is 55.5 Å². The average Bonchev–Trinajstić information content (AvgIpc) is 2.68. The molecule has 0 aliphatic heterocycles. The molecule has 0 fully saturated rings. The molecule has 0 aliphatic carbocycles. The zero-order valence-corrected chi connectivity index (χ0v) is 16.5. The van der Waals surface area contributed by atoms with Crippen LogP contribution >= 0.6 is 0 Å². The number of para-hydroxylation sites is 1. The van der Waals surface area contributed by atoms with Gasteiger partial charge in [-0.15, -0.1) is 5.10 Å². The number of benzene rings is 2. The van der Waals surface area contributed by atoms with Crippen LogP contribution in [0.3, 0.4) is 0 Å². The van der Waals surface area contributed by atoms with Gasteiger partial charge in [-0.3, -0.25) is 0 Å². The predicted molar refractivity (Wildman–Crippen MR) is 111 cm³/mol. The second-order valence-electron chi connectivity index (χ2n) is 6.93. The summed E-state index contributed by atoms with van der Waals surface area (Å²) in [7, 11) is 0. The Labute approximate surface area is 161 Å². The summed E-state index contributed by atoms with van der Waals surface area (Å²) in [6.45, 7) is 9.34. The van der Waals surface area contributed by atoms with Crippen LogP contribution in [0.1, 0.15) is 37.5 Å². The monoisotopic (exact) mass is 361 g/mol. The molecule has 1 aromatic heterocycles. The number of hydrogen-bond donors (Lipinski definition) is 1. The van der Waals surface area contributed by atoms with Gasteiger partial charge in [-0.25, -0.2) is 0 Å². The molecule has 0 radical (unpaired) electrons. The van der Waals surface area contributed by atoms with Crippen LogP contribution in [0.5, 0.6) is 0 Å². The third-order valence-corrected chi connectivity index (χ3v) is 4.64. The van der Waals surface area contributed by atoms with Crippen LogP contribution < -0.4 is 10.2 Å². The van der Waals surface area contributed by atoms with Gasteiger partial charge in [0.15, 0.2) is 5.82 Å². The van der Waals surface area contributed by atoms with E-state index in [1.807, 2.05) is 6.07 Å². The van der Waals surface area contributed by atoms with Crippen LogP contribution in [-0.4, -0.2) is 21.2 Å². The zero-order valence-electron chi connectivity index (χ0n) is 16.5. The minimum absolute atomic E-state index is 0.291. The topological polar surface area (TPSA) is 53.9 Å². The molecule has 3 aromatic rings. The molecule has 140 valence electrons. The van der Waals surface area contributed by atoms with Crippen molar-refractivity contribution in [1.82, 2.24) is 15.2 Å². The van der Waals surface area contributed by atoms with E-state index < -0.39 is 0 Å². The molecule has 3 rings (SSSR count). The van der Waals surface area contributed by atoms with E-state index in [1.165, 1.54) is 16.7 Å². The summed E-state index contributed by atoms with van der Waals surface area (Å²) in [6, 6.07) is 17.0. The Balaban J connectivity index is 1.88. The van der Waals surface area contributed by atoms with Gasteiger partial charge in [0.1, 0.15) is 0 Å². The summed E-state index contributed by atoms with van der Waals surface area (Å²) in [5.41, 5.74) is 4.73. The molecular formula is C22H27N5. The van der Waals surface area contributed by atoms with Crippen molar-refractivity contribution in [3.63, 3.8) is 0 Å². The van der Waals surface area contributed by atoms with Crippen LogP contribution in [0.25, 0.3) is 0 Å². The molecule has 5 heteroatoms. The maximum absolute atomic E-state index is 4.74. The summed E-state index contributed by atoms with van der Waals surface area (Å²) >= 11 is 0. The fraction of sp³-hybridized carbons (Fsp3) is 0.318. The second-order valence-corrected chi connectivity index (χ2v) is 6.93. The lowest BCUT2D eigenvalue weighted by molar-refractivity contribution is 0.668. The second kappa shape index (κ2) is 8.62. The Morgan fingerprint density at radius 2 is 1.81 bits per heavy atom. The van der Waals surface area contributed by atoms with Gasteiger partial charge in [-0.2, -0.15) is 10.1 Å². The summed E-state index contributed by atoms with van der Waals surface area (Å²) in [5, 5.41) is 11.8. The molecule has 0 saturated heterocycles. The molecule has 0 atom stereocenters. The Hall–Kier alpha value is -2.95. The molecular weight excluding hydrogens is 334 g/mol. The SMILES string of the molecule is CCc1cccc(C)c1Nc1nncc(N(Cc2ccccc2)C(C)C)n1. The highest BCUT2D eigenvalue weighted by Gasteiger charge is 2.15. The van der Waals surface area contributed by atoms with Crippen molar-refractivity contribution >= 4 is 17.5 Å². The van der Waals surface area contributed by atoms with Gasteiger partial charge in [-0.05, 0) is 43.9 Å². The van der Waals surface area contributed by atoms with E-state index >= 15 is 0 Å². The van der Waals surface area contributed by atoms with Gasteiger partial charge >= 0.3 is 0 Å². The smallest absolute Gasteiger partial charge is 0.249 e. The third kappa shape index (κ3) is 4.61. The van der Waals surface area contributed by atoms with E-state index in [0.717, 1.165) is 24.5 Å². The number of aromatic nitrogens is 3. The summed E-state index contributed by atoms with van der Waals surface area (Å²) in [6.07, 6.45) is 2.68. The van der Waals surface area contributed by atoms with E-state index in [0.29, 0.717) is 12.0 Å². The van der Waals surface area contributed by atoms with Crippen LogP contribution in [0.15, 0.2) is 54.7 Å². The summed E-state index contributed by atoms with van der Waals surface area (Å²) in [4.78, 5) is 6.97. The highest BCUT2D eigenvalue weighted by atomic mass is 15.3. The van der Waals surface area contributed by atoms with Crippen LogP contribution in [-0.2, 0) is 13.0 Å². The lowest BCUT2D eigenvalue weighted by atomic mass is 10.1. The summed E-state index contributed by atoms with van der Waals surface area (Å²) in [5.74, 6) is 1.34. The molecule has 27 heavy (non-hydrogen) atoms. The normalized spacial score (nSPS) is 10.9. The minimum Gasteiger partial charge on any atom is -0.348 e. The fourth-order valence-corrected chi connectivity index (χ4v) is 3.11. The van der Waals surface area contributed by atoms with Crippen molar-refractivity contribution in [2.24, 2.45) is 0 Å². The van der Waals surface area contributed by atoms with Crippen molar-refractivity contribution in [2.45, 2.75) is 46.7 Å². The molecule has 2 aromatic carbocycles. The maximum atomic E-state index is 4.74. The quantitative estimate of drug-likeness (QED) is 0.648. The largest absolute Gasteiger partial charge is 0.348 e. The standard InChI is InChI=1S/C22H27N5/c1-5-19-13-9-10-17(4)21(19)25-22-24-20(14-23-26-22)27(16(2)3)15-18-11-7-6-8-12-18/h6-14,16H,5,15H2,1-4H3,(H,24,25,26). The number of rotatable bonds is 7. The highest BCUT2D eigenvalue weighted by molar-refractivity contribution is 5.63. The molecule has 0 unspecified atom stereocenters. The fourth-order valence-electron chi connectivity index (χ4n) is 3.11. The van der Waals surface area contributed by atoms with E-state index in [-0.39, 0.29) is 0 Å². The van der Waals surface area contributed by atoms with Crippen molar-refractivity contribution in [3.05, 3.63) is 71.4 Å². The maximum Gasteiger partial charge on any atom is 0.249 e. The van der Waals surface area contributed by atoms with E-state index in [1.54, 1.807) is 6.20 Å². The number of hydrogen-bond acceptors (Lipinski definition) is 5. The summed E-state index contributed by atoms with van der Waals surface area (Å²) < 4.78 is 0. The Morgan fingerprint density at radius 1 is 1.04 bits per heavy atom. The van der Waals surface area contributed by atoms with E-state index in [2.05, 4.69) is 90.6 Å². The van der Waals surface area contributed by atoms with Crippen molar-refractivity contribution in [2.75, 3.05) is 10.2 Å².